The minimum Gasteiger partial charge on any atom is -0.486 e. The van der Waals surface area contributed by atoms with Crippen molar-refractivity contribution in [1.82, 2.24) is 14.5 Å². The Morgan fingerprint density at radius 3 is 2.95 bits per heavy atom. The first-order valence-corrected chi connectivity index (χ1v) is 6.18. The highest BCUT2D eigenvalue weighted by Crippen LogP contribution is 2.20. The quantitative estimate of drug-likeness (QED) is 0.772. The predicted octanol–water partition coefficient (Wildman–Crippen LogP) is 1.29. The predicted molar refractivity (Wildman–Crippen MR) is 73.6 cm³/mol. The Bertz CT molecular complexity index is 716. The molecule has 1 aliphatic heterocycles. The summed E-state index contributed by atoms with van der Waals surface area (Å²) in [5, 5.41) is 0.650. The highest BCUT2D eigenvalue weighted by molar-refractivity contribution is 5.78. The van der Waals surface area contributed by atoms with Crippen LogP contribution in [0.4, 0.5) is 0 Å². The average Bonchev–Trinajstić information content (AvgIpc) is 2.40. The molecule has 98 valence electrons. The van der Waals surface area contributed by atoms with Crippen LogP contribution in [-0.2, 0) is 11.3 Å². The van der Waals surface area contributed by atoms with Gasteiger partial charge in [0.15, 0.2) is 11.6 Å². The van der Waals surface area contributed by atoms with E-state index in [1.807, 2.05) is 49.5 Å². The molecule has 0 spiro atoms. The molecule has 0 atom stereocenters. The Labute approximate surface area is 110 Å². The molecule has 0 saturated heterocycles. The first kappa shape index (κ1) is 11.8. The van der Waals surface area contributed by atoms with Crippen molar-refractivity contribution in [3.05, 3.63) is 46.6 Å². The fourth-order valence-electron chi connectivity index (χ4n) is 2.20. The van der Waals surface area contributed by atoms with Crippen molar-refractivity contribution in [2.75, 3.05) is 20.7 Å². The molecular weight excluding hydrogens is 242 g/mol. The first-order chi connectivity index (χ1) is 9.16. The molecule has 0 N–H and O–H groups in total. The fraction of sp³-hybridized carbons (Fsp3) is 0.286. The Balaban J connectivity index is 2.31. The van der Waals surface area contributed by atoms with Crippen molar-refractivity contribution >= 4 is 16.7 Å². The molecule has 0 radical (unpaired) electrons. The van der Waals surface area contributed by atoms with Crippen molar-refractivity contribution in [2.45, 2.75) is 6.54 Å². The first-order valence-electron chi connectivity index (χ1n) is 6.18. The van der Waals surface area contributed by atoms with Crippen molar-refractivity contribution < 1.29 is 4.74 Å². The zero-order valence-electron chi connectivity index (χ0n) is 11.0. The summed E-state index contributed by atoms with van der Waals surface area (Å²) in [6.07, 6.45) is 1.84. The summed E-state index contributed by atoms with van der Waals surface area (Å²) >= 11 is 0. The summed E-state index contributed by atoms with van der Waals surface area (Å²) in [6.45, 7) is 1.03. The fourth-order valence-corrected chi connectivity index (χ4v) is 2.20. The van der Waals surface area contributed by atoms with E-state index in [2.05, 4.69) is 4.98 Å². The summed E-state index contributed by atoms with van der Waals surface area (Å²) in [6, 6.07) is 7.39. The molecule has 3 rings (SSSR count). The van der Waals surface area contributed by atoms with E-state index in [4.69, 9.17) is 4.74 Å². The van der Waals surface area contributed by atoms with Gasteiger partial charge in [0, 0.05) is 20.3 Å². The molecule has 19 heavy (non-hydrogen) atoms. The molecule has 1 aromatic heterocycles. The van der Waals surface area contributed by atoms with Gasteiger partial charge in [-0.2, -0.15) is 0 Å². The smallest absolute Gasteiger partial charge is 0.261 e. The summed E-state index contributed by atoms with van der Waals surface area (Å²) in [4.78, 5) is 18.9. The highest BCUT2D eigenvalue weighted by atomic mass is 16.5. The SMILES string of the molecule is CN(C)/C=C1\OCCn2c1nc1ccccc1c2=O. The van der Waals surface area contributed by atoms with Crippen molar-refractivity contribution in [2.24, 2.45) is 0 Å². The molecule has 0 saturated carbocycles. The number of benzene rings is 1. The summed E-state index contributed by atoms with van der Waals surface area (Å²) in [5.74, 6) is 1.24. The van der Waals surface area contributed by atoms with E-state index in [0.29, 0.717) is 35.6 Å². The van der Waals surface area contributed by atoms with Crippen LogP contribution in [0.25, 0.3) is 16.7 Å². The van der Waals surface area contributed by atoms with Gasteiger partial charge in [-0.3, -0.25) is 9.36 Å². The standard InChI is InChI=1S/C14H15N3O2/c1-16(2)9-12-13-15-11-6-4-3-5-10(11)14(18)17(13)7-8-19-12/h3-6,9H,7-8H2,1-2H3/b12-9-. The van der Waals surface area contributed by atoms with Gasteiger partial charge in [-0.25, -0.2) is 4.98 Å². The normalized spacial score (nSPS) is 16.2. The zero-order chi connectivity index (χ0) is 13.4. The van der Waals surface area contributed by atoms with E-state index >= 15 is 0 Å². The number of ether oxygens (including phenoxy) is 1. The highest BCUT2D eigenvalue weighted by Gasteiger charge is 2.20. The Hall–Kier alpha value is -2.30. The van der Waals surface area contributed by atoms with Gasteiger partial charge in [0.05, 0.1) is 17.4 Å². The maximum Gasteiger partial charge on any atom is 0.261 e. The lowest BCUT2D eigenvalue weighted by atomic mass is 10.2. The maximum atomic E-state index is 12.4. The monoisotopic (exact) mass is 257 g/mol. The number of nitrogens with zero attached hydrogens (tertiary/aromatic N) is 3. The minimum absolute atomic E-state index is 0.00597. The van der Waals surface area contributed by atoms with Crippen LogP contribution in [0.2, 0.25) is 0 Å². The lowest BCUT2D eigenvalue weighted by molar-refractivity contribution is 0.227. The number of hydrogen-bond acceptors (Lipinski definition) is 4. The third-order valence-electron chi connectivity index (χ3n) is 3.03. The van der Waals surface area contributed by atoms with Gasteiger partial charge in [0.25, 0.3) is 5.56 Å². The minimum atomic E-state index is -0.00597. The number of fused-ring (bicyclic) bond motifs is 2. The second-order valence-electron chi connectivity index (χ2n) is 4.71. The van der Waals surface area contributed by atoms with Crippen molar-refractivity contribution in [3.63, 3.8) is 0 Å². The van der Waals surface area contributed by atoms with E-state index in [0.717, 1.165) is 0 Å². The van der Waals surface area contributed by atoms with Gasteiger partial charge in [-0.15, -0.1) is 0 Å². The largest absolute Gasteiger partial charge is 0.486 e. The van der Waals surface area contributed by atoms with Gasteiger partial charge in [-0.1, -0.05) is 12.1 Å². The van der Waals surface area contributed by atoms with E-state index in [1.54, 1.807) is 4.57 Å². The van der Waals surface area contributed by atoms with Gasteiger partial charge < -0.3 is 9.64 Å². The van der Waals surface area contributed by atoms with Gasteiger partial charge in [0.1, 0.15) is 6.61 Å². The topological polar surface area (TPSA) is 47.4 Å². The van der Waals surface area contributed by atoms with Crippen LogP contribution in [0.15, 0.2) is 35.3 Å². The number of aromatic nitrogens is 2. The zero-order valence-corrected chi connectivity index (χ0v) is 11.0. The van der Waals surface area contributed by atoms with Crippen LogP contribution < -0.4 is 5.56 Å². The molecular formula is C14H15N3O2. The van der Waals surface area contributed by atoms with Crippen LogP contribution in [-0.4, -0.2) is 35.2 Å². The molecule has 1 aliphatic rings. The van der Waals surface area contributed by atoms with Crippen LogP contribution in [0, 0.1) is 0 Å². The van der Waals surface area contributed by atoms with E-state index in [-0.39, 0.29) is 5.56 Å². The van der Waals surface area contributed by atoms with E-state index in [1.165, 1.54) is 0 Å². The van der Waals surface area contributed by atoms with Gasteiger partial charge >= 0.3 is 0 Å². The number of hydrogen-bond donors (Lipinski definition) is 0. The lowest BCUT2D eigenvalue weighted by Gasteiger charge is -2.22. The molecule has 1 aromatic carbocycles. The molecule has 5 heteroatoms. The second-order valence-corrected chi connectivity index (χ2v) is 4.71. The van der Waals surface area contributed by atoms with Crippen LogP contribution >= 0.6 is 0 Å². The molecule has 2 heterocycles. The molecule has 0 aliphatic carbocycles. The maximum absolute atomic E-state index is 12.4. The molecule has 0 fully saturated rings. The molecule has 0 amide bonds. The Morgan fingerprint density at radius 2 is 2.16 bits per heavy atom. The van der Waals surface area contributed by atoms with Gasteiger partial charge in [0.2, 0.25) is 0 Å². The Morgan fingerprint density at radius 1 is 1.37 bits per heavy atom. The molecule has 0 bridgehead atoms. The summed E-state index contributed by atoms with van der Waals surface area (Å²) in [7, 11) is 3.82. The van der Waals surface area contributed by atoms with E-state index < -0.39 is 0 Å². The molecule has 2 aromatic rings. The number of rotatable bonds is 1. The molecule has 0 unspecified atom stereocenters. The average molecular weight is 257 g/mol. The number of para-hydroxylation sites is 1. The summed E-state index contributed by atoms with van der Waals surface area (Å²) in [5.41, 5.74) is 0.697. The lowest BCUT2D eigenvalue weighted by Crippen LogP contribution is -2.31. The Kier molecular flexibility index (Phi) is 2.74. The molecule has 5 nitrogen and oxygen atoms in total. The van der Waals surface area contributed by atoms with Crippen molar-refractivity contribution in [1.29, 1.82) is 0 Å². The van der Waals surface area contributed by atoms with Crippen LogP contribution in [0.1, 0.15) is 5.82 Å². The summed E-state index contributed by atoms with van der Waals surface area (Å²) < 4.78 is 7.30. The van der Waals surface area contributed by atoms with Crippen LogP contribution in [0.3, 0.4) is 0 Å². The van der Waals surface area contributed by atoms with E-state index in [9.17, 15) is 4.79 Å². The second kappa shape index (κ2) is 4.42. The third kappa shape index (κ3) is 1.97. The third-order valence-corrected chi connectivity index (χ3v) is 3.03. The van der Waals surface area contributed by atoms with Crippen molar-refractivity contribution in [3.8, 4) is 0 Å². The van der Waals surface area contributed by atoms with Crippen LogP contribution in [0.5, 0.6) is 0 Å². The van der Waals surface area contributed by atoms with Gasteiger partial charge in [-0.05, 0) is 12.1 Å².